The van der Waals surface area contributed by atoms with Crippen LogP contribution in [0.1, 0.15) is 18.4 Å². The summed E-state index contributed by atoms with van der Waals surface area (Å²) in [6.07, 6.45) is 4.85. The molecule has 39 heavy (non-hydrogen) atoms. The minimum absolute atomic E-state index is 0.0619. The standard InChI is InChI=1S/C29H27ClFN5O3/c1-38-27-15-25-22(14-26(27)36-28(37)13-18-8-10-32-11-9-18)29(34-17-33-25)35-20-3-5-21(6-4-20)39-16-19-2-7-24(31)23(30)12-19/h2-7,12-15,17,32H,8-11,16H2,1H3,(H,36,37)(H,33,34,35). The van der Waals surface area contributed by atoms with Crippen LogP contribution in [0.5, 0.6) is 11.5 Å². The summed E-state index contributed by atoms with van der Waals surface area (Å²) in [7, 11) is 1.55. The number of aromatic nitrogens is 2. The quantitative estimate of drug-likeness (QED) is 0.233. The zero-order chi connectivity index (χ0) is 27.2. The van der Waals surface area contributed by atoms with Gasteiger partial charge in [-0.25, -0.2) is 14.4 Å². The Bertz CT molecular complexity index is 1520. The van der Waals surface area contributed by atoms with Crippen LogP contribution in [0.2, 0.25) is 5.02 Å². The molecule has 200 valence electrons. The van der Waals surface area contributed by atoms with Gasteiger partial charge in [0.25, 0.3) is 0 Å². The average Bonchev–Trinajstić information content (AvgIpc) is 2.95. The first-order chi connectivity index (χ1) is 19.0. The van der Waals surface area contributed by atoms with Crippen LogP contribution in [0.15, 0.2) is 72.6 Å². The van der Waals surface area contributed by atoms with E-state index in [1.54, 1.807) is 37.5 Å². The predicted molar refractivity (Wildman–Crippen MR) is 150 cm³/mol. The van der Waals surface area contributed by atoms with Gasteiger partial charge in [0.15, 0.2) is 0 Å². The predicted octanol–water partition coefficient (Wildman–Crippen LogP) is 6.00. The molecular formula is C29H27ClFN5O3. The van der Waals surface area contributed by atoms with Gasteiger partial charge < -0.3 is 25.4 Å². The van der Waals surface area contributed by atoms with Crippen molar-refractivity contribution in [2.75, 3.05) is 30.8 Å². The van der Waals surface area contributed by atoms with Crippen molar-refractivity contribution in [3.05, 3.63) is 89.0 Å². The Labute approximate surface area is 230 Å². The molecule has 0 spiro atoms. The molecule has 1 saturated heterocycles. The summed E-state index contributed by atoms with van der Waals surface area (Å²) in [5, 5.41) is 10.3. The lowest BCUT2D eigenvalue weighted by molar-refractivity contribution is -0.112. The second-order valence-electron chi connectivity index (χ2n) is 9.02. The number of hydrogen-bond acceptors (Lipinski definition) is 7. The van der Waals surface area contributed by atoms with Gasteiger partial charge in [-0.3, -0.25) is 4.79 Å². The van der Waals surface area contributed by atoms with Crippen LogP contribution in [-0.2, 0) is 11.4 Å². The SMILES string of the molecule is COc1cc2ncnc(Nc3ccc(OCc4ccc(F)c(Cl)c4)cc3)c2cc1NC(=O)C=C1CCNCC1. The molecule has 3 aromatic carbocycles. The monoisotopic (exact) mass is 547 g/mol. The second kappa shape index (κ2) is 12.1. The number of rotatable bonds is 8. The topological polar surface area (TPSA) is 97.4 Å². The molecule has 1 fully saturated rings. The van der Waals surface area contributed by atoms with E-state index in [0.29, 0.717) is 28.5 Å². The molecule has 0 atom stereocenters. The smallest absolute Gasteiger partial charge is 0.248 e. The van der Waals surface area contributed by atoms with Gasteiger partial charge in [0.1, 0.15) is 36.1 Å². The molecule has 2 heterocycles. The fourth-order valence-electron chi connectivity index (χ4n) is 4.26. The third kappa shape index (κ3) is 6.63. The molecule has 1 amide bonds. The number of fused-ring (bicyclic) bond motifs is 1. The Morgan fingerprint density at radius 2 is 1.90 bits per heavy atom. The second-order valence-corrected chi connectivity index (χ2v) is 9.43. The molecule has 0 unspecified atom stereocenters. The molecule has 0 bridgehead atoms. The van der Waals surface area contributed by atoms with Gasteiger partial charge in [-0.2, -0.15) is 0 Å². The Hall–Kier alpha value is -4.21. The van der Waals surface area contributed by atoms with Gasteiger partial charge in [-0.05, 0) is 74.0 Å². The van der Waals surface area contributed by atoms with Crippen LogP contribution in [0.3, 0.4) is 0 Å². The van der Waals surface area contributed by atoms with Gasteiger partial charge in [0.2, 0.25) is 5.91 Å². The summed E-state index contributed by atoms with van der Waals surface area (Å²) < 4.78 is 24.7. The van der Waals surface area contributed by atoms with E-state index in [9.17, 15) is 9.18 Å². The molecule has 1 aromatic heterocycles. The molecule has 5 rings (SSSR count). The van der Waals surface area contributed by atoms with Crippen molar-refractivity contribution >= 4 is 45.6 Å². The highest BCUT2D eigenvalue weighted by Gasteiger charge is 2.14. The fraction of sp³-hybridized carbons (Fsp3) is 0.207. The summed E-state index contributed by atoms with van der Waals surface area (Å²) in [4.78, 5) is 21.5. The van der Waals surface area contributed by atoms with Crippen molar-refractivity contribution in [1.29, 1.82) is 0 Å². The van der Waals surface area contributed by atoms with E-state index < -0.39 is 5.82 Å². The van der Waals surface area contributed by atoms with E-state index in [2.05, 4.69) is 25.9 Å². The number of piperidine rings is 1. The van der Waals surface area contributed by atoms with E-state index in [1.807, 2.05) is 24.3 Å². The highest BCUT2D eigenvalue weighted by molar-refractivity contribution is 6.30. The lowest BCUT2D eigenvalue weighted by atomic mass is 10.1. The first-order valence-electron chi connectivity index (χ1n) is 12.5. The summed E-state index contributed by atoms with van der Waals surface area (Å²) in [5.74, 6) is 1.06. The Morgan fingerprint density at radius 3 is 2.64 bits per heavy atom. The maximum Gasteiger partial charge on any atom is 0.248 e. The normalized spacial score (nSPS) is 13.2. The summed E-state index contributed by atoms with van der Waals surface area (Å²) in [6, 6.07) is 15.4. The molecule has 1 aliphatic heterocycles. The summed E-state index contributed by atoms with van der Waals surface area (Å²) in [5.41, 5.74) is 3.86. The molecule has 4 aromatic rings. The number of carbonyl (C=O) groups excluding carboxylic acids is 1. The van der Waals surface area contributed by atoms with Crippen LogP contribution in [0.4, 0.5) is 21.6 Å². The largest absolute Gasteiger partial charge is 0.494 e. The number of amides is 1. The Kier molecular flexibility index (Phi) is 8.19. The number of benzene rings is 3. The molecular weight excluding hydrogens is 521 g/mol. The van der Waals surface area contributed by atoms with Crippen molar-refractivity contribution in [1.82, 2.24) is 15.3 Å². The first kappa shape index (κ1) is 26.4. The Balaban J connectivity index is 1.31. The summed E-state index contributed by atoms with van der Waals surface area (Å²) >= 11 is 5.84. The molecule has 8 nitrogen and oxygen atoms in total. The minimum atomic E-state index is -0.462. The van der Waals surface area contributed by atoms with E-state index in [-0.39, 0.29) is 17.5 Å². The van der Waals surface area contributed by atoms with E-state index in [0.717, 1.165) is 48.1 Å². The number of nitrogens with zero attached hydrogens (tertiary/aromatic N) is 2. The van der Waals surface area contributed by atoms with Crippen molar-refractivity contribution < 1.29 is 18.7 Å². The third-order valence-electron chi connectivity index (χ3n) is 6.30. The van der Waals surface area contributed by atoms with Crippen LogP contribution in [-0.4, -0.2) is 36.1 Å². The zero-order valence-corrected chi connectivity index (χ0v) is 22.0. The fourth-order valence-corrected chi connectivity index (χ4v) is 4.47. The lowest BCUT2D eigenvalue weighted by Crippen LogP contribution is -2.24. The van der Waals surface area contributed by atoms with Gasteiger partial charge in [0, 0.05) is 23.2 Å². The maximum atomic E-state index is 13.4. The number of carbonyl (C=O) groups is 1. The highest BCUT2D eigenvalue weighted by atomic mass is 35.5. The average molecular weight is 548 g/mol. The van der Waals surface area contributed by atoms with Gasteiger partial charge in [-0.1, -0.05) is 23.2 Å². The number of methoxy groups -OCH3 is 1. The van der Waals surface area contributed by atoms with E-state index >= 15 is 0 Å². The van der Waals surface area contributed by atoms with Crippen molar-refractivity contribution in [2.24, 2.45) is 0 Å². The van der Waals surface area contributed by atoms with Crippen molar-refractivity contribution in [2.45, 2.75) is 19.4 Å². The molecule has 10 heteroatoms. The molecule has 1 aliphatic rings. The van der Waals surface area contributed by atoms with Crippen LogP contribution in [0.25, 0.3) is 10.9 Å². The van der Waals surface area contributed by atoms with Crippen LogP contribution in [0, 0.1) is 5.82 Å². The third-order valence-corrected chi connectivity index (χ3v) is 6.59. The van der Waals surface area contributed by atoms with E-state index in [1.165, 1.54) is 12.4 Å². The van der Waals surface area contributed by atoms with E-state index in [4.69, 9.17) is 21.1 Å². The van der Waals surface area contributed by atoms with Crippen LogP contribution < -0.4 is 25.4 Å². The highest BCUT2D eigenvalue weighted by Crippen LogP contribution is 2.33. The van der Waals surface area contributed by atoms with Gasteiger partial charge >= 0.3 is 0 Å². The molecule has 0 radical (unpaired) electrons. The molecule has 0 aliphatic carbocycles. The first-order valence-corrected chi connectivity index (χ1v) is 12.8. The zero-order valence-electron chi connectivity index (χ0n) is 21.3. The Morgan fingerprint density at radius 1 is 1.10 bits per heavy atom. The van der Waals surface area contributed by atoms with Crippen molar-refractivity contribution in [3.8, 4) is 11.5 Å². The molecule has 0 saturated carbocycles. The minimum Gasteiger partial charge on any atom is -0.494 e. The van der Waals surface area contributed by atoms with Crippen LogP contribution >= 0.6 is 11.6 Å². The summed E-state index contributed by atoms with van der Waals surface area (Å²) in [6.45, 7) is 2.01. The number of hydrogen-bond donors (Lipinski definition) is 3. The van der Waals surface area contributed by atoms with Crippen molar-refractivity contribution in [3.63, 3.8) is 0 Å². The number of ether oxygens (including phenoxy) is 2. The lowest BCUT2D eigenvalue weighted by Gasteiger charge is -2.16. The maximum absolute atomic E-state index is 13.4. The molecule has 3 N–H and O–H groups in total. The van der Waals surface area contributed by atoms with Gasteiger partial charge in [0.05, 0.1) is 23.3 Å². The number of nitrogens with one attached hydrogen (secondary N) is 3. The van der Waals surface area contributed by atoms with Gasteiger partial charge in [-0.15, -0.1) is 0 Å². The number of halogens is 2. The number of anilines is 3.